The number of hydrogen-bond donors (Lipinski definition) is 4. The molecule has 1 fully saturated rings. The molecular weight excluding hydrogens is 480 g/mol. The normalized spacial score (nSPS) is 15.0. The minimum atomic E-state index is -3.26. The molecule has 188 valence electrons. The first-order valence-corrected chi connectivity index (χ1v) is 13.3. The molecule has 36 heavy (non-hydrogen) atoms. The van der Waals surface area contributed by atoms with Crippen molar-refractivity contribution in [3.8, 4) is 11.3 Å². The number of rotatable bonds is 6. The van der Waals surface area contributed by atoms with Crippen LogP contribution in [0, 0.1) is 5.41 Å². The van der Waals surface area contributed by atoms with Crippen molar-refractivity contribution < 1.29 is 18.3 Å². The Balaban J connectivity index is 1.39. The number of aromatic amines is 1. The first-order valence-electron chi connectivity index (χ1n) is 11.4. The fourth-order valence-electron chi connectivity index (χ4n) is 3.97. The monoisotopic (exact) mass is 508 g/mol. The molecule has 0 saturated carbocycles. The van der Waals surface area contributed by atoms with Crippen molar-refractivity contribution >= 4 is 33.1 Å². The Bertz CT molecular complexity index is 1410. The molecule has 0 bridgehead atoms. The summed E-state index contributed by atoms with van der Waals surface area (Å²) >= 11 is 0. The van der Waals surface area contributed by atoms with Gasteiger partial charge in [-0.15, -0.1) is 0 Å². The average Bonchev–Trinajstić information content (AvgIpc) is 2.84. The van der Waals surface area contributed by atoms with Gasteiger partial charge in [0.05, 0.1) is 11.4 Å². The van der Waals surface area contributed by atoms with Gasteiger partial charge in [-0.2, -0.15) is 4.99 Å². The number of nitrogens with zero attached hydrogens (tertiary/aromatic N) is 3. The zero-order valence-corrected chi connectivity index (χ0v) is 20.6. The van der Waals surface area contributed by atoms with Crippen LogP contribution in [0.2, 0.25) is 0 Å². The molecule has 2 heterocycles. The maximum atomic E-state index is 11.7. The predicted molar refractivity (Wildman–Crippen MR) is 139 cm³/mol. The Morgan fingerprint density at radius 1 is 1.03 bits per heavy atom. The lowest BCUT2D eigenvalue weighted by atomic mass is 10.1. The lowest BCUT2D eigenvalue weighted by molar-refractivity contribution is -0.138. The third-order valence-electron chi connectivity index (χ3n) is 5.83. The second-order valence-corrected chi connectivity index (χ2v) is 10.6. The summed E-state index contributed by atoms with van der Waals surface area (Å²) in [6.07, 6.45) is 1.17. The van der Waals surface area contributed by atoms with Gasteiger partial charge in [0.2, 0.25) is 5.96 Å². The summed E-state index contributed by atoms with van der Waals surface area (Å²) in [6.45, 7) is 2.99. The first kappa shape index (κ1) is 25.1. The molecule has 1 aliphatic rings. The van der Waals surface area contributed by atoms with E-state index >= 15 is 0 Å². The van der Waals surface area contributed by atoms with E-state index in [2.05, 4.69) is 20.2 Å². The molecule has 2 aromatic carbocycles. The Morgan fingerprint density at radius 2 is 1.69 bits per heavy atom. The van der Waals surface area contributed by atoms with Gasteiger partial charge in [-0.1, -0.05) is 18.2 Å². The summed E-state index contributed by atoms with van der Waals surface area (Å²) in [6, 6.07) is 19.7. The van der Waals surface area contributed by atoms with Crippen molar-refractivity contribution in [3.05, 3.63) is 72.2 Å². The van der Waals surface area contributed by atoms with Crippen LogP contribution >= 0.6 is 0 Å². The van der Waals surface area contributed by atoms with E-state index in [4.69, 9.17) is 10.5 Å². The number of aliphatic carboxylic acids is 1. The van der Waals surface area contributed by atoms with Crippen LogP contribution in [0.1, 0.15) is 0 Å². The summed E-state index contributed by atoms with van der Waals surface area (Å²) in [7, 11) is -3.26. The van der Waals surface area contributed by atoms with Gasteiger partial charge in [-0.05, 0) is 54.1 Å². The van der Waals surface area contributed by atoms with Crippen LogP contribution < -0.4 is 15.7 Å². The maximum absolute atomic E-state index is 11.7. The van der Waals surface area contributed by atoms with E-state index in [0.29, 0.717) is 18.6 Å². The number of anilines is 2. The van der Waals surface area contributed by atoms with E-state index in [1.807, 2.05) is 41.3 Å². The van der Waals surface area contributed by atoms with Crippen LogP contribution in [-0.4, -0.2) is 74.3 Å². The zero-order chi connectivity index (χ0) is 25.7. The minimum Gasteiger partial charge on any atom is -0.480 e. The van der Waals surface area contributed by atoms with Crippen LogP contribution in [-0.2, 0) is 14.6 Å². The van der Waals surface area contributed by atoms with Crippen LogP contribution in [0.25, 0.3) is 11.3 Å². The predicted octanol–water partition coefficient (Wildman–Crippen LogP) is 2.24. The Kier molecular flexibility index (Phi) is 7.51. The van der Waals surface area contributed by atoms with Gasteiger partial charge in [0.25, 0.3) is 0 Å². The molecule has 10 nitrogen and oxygen atoms in total. The number of H-pyrrole nitrogens is 1. The molecule has 0 atom stereocenters. The average molecular weight is 509 g/mol. The van der Waals surface area contributed by atoms with Gasteiger partial charge in [-0.25, -0.2) is 8.42 Å². The van der Waals surface area contributed by atoms with Gasteiger partial charge in [0, 0.05) is 49.5 Å². The third-order valence-corrected chi connectivity index (χ3v) is 6.96. The van der Waals surface area contributed by atoms with Crippen molar-refractivity contribution in [2.24, 2.45) is 4.99 Å². The zero-order valence-electron chi connectivity index (χ0n) is 19.8. The number of carbonyl (C=O) groups is 1. The molecule has 1 aliphatic heterocycles. The molecule has 0 spiro atoms. The Morgan fingerprint density at radius 3 is 2.31 bits per heavy atom. The molecule has 11 heteroatoms. The fraction of sp³-hybridized carbons (Fsp3) is 0.240. The second-order valence-electron chi connectivity index (χ2n) is 8.54. The van der Waals surface area contributed by atoms with E-state index in [0.717, 1.165) is 35.7 Å². The molecule has 0 unspecified atom stereocenters. The van der Waals surface area contributed by atoms with Gasteiger partial charge in [0.1, 0.15) is 5.49 Å². The number of carboxylic acid groups (broad SMARTS) is 1. The first-order chi connectivity index (χ1) is 17.2. The van der Waals surface area contributed by atoms with E-state index < -0.39 is 15.8 Å². The van der Waals surface area contributed by atoms with E-state index in [1.165, 1.54) is 6.26 Å². The van der Waals surface area contributed by atoms with E-state index in [1.54, 1.807) is 30.3 Å². The fourth-order valence-corrected chi connectivity index (χ4v) is 4.60. The highest BCUT2D eigenvalue weighted by atomic mass is 32.2. The Hall–Kier alpha value is -3.96. The highest BCUT2D eigenvalue weighted by Crippen LogP contribution is 2.20. The summed E-state index contributed by atoms with van der Waals surface area (Å²) in [5.41, 5.74) is 3.80. The van der Waals surface area contributed by atoms with E-state index in [9.17, 15) is 13.2 Å². The number of aromatic nitrogens is 1. The molecular formula is C25H28N6O4S. The standard InChI is InChI=1S/C25H28N6O4S/c1-36(34,35)21-11-5-18(6-12-21)22-3-2-4-23(28-22)29-25(26)27-19-7-9-20(10-8-19)31-15-13-30(14-16-31)17-24(32)33/h2-12H,13-17H2,1H3,(H,32,33)(H3,26,27,28,29). The number of carboxylic acids is 1. The number of sulfone groups is 1. The number of nitrogens with one attached hydrogen (secondary N) is 3. The maximum Gasteiger partial charge on any atom is 0.317 e. The van der Waals surface area contributed by atoms with Crippen molar-refractivity contribution in [2.45, 2.75) is 4.90 Å². The summed E-state index contributed by atoms with van der Waals surface area (Å²) in [4.78, 5) is 22.7. The largest absolute Gasteiger partial charge is 0.480 e. The molecule has 4 N–H and O–H groups in total. The number of hydrogen-bond acceptors (Lipinski definition) is 6. The molecule has 1 aromatic heterocycles. The quantitative estimate of drug-likeness (QED) is 0.295. The molecule has 4 rings (SSSR count). The third kappa shape index (κ3) is 6.58. The van der Waals surface area contributed by atoms with Gasteiger partial charge >= 0.3 is 5.97 Å². The highest BCUT2D eigenvalue weighted by molar-refractivity contribution is 7.90. The van der Waals surface area contributed by atoms with Crippen molar-refractivity contribution in [1.29, 1.82) is 5.41 Å². The van der Waals surface area contributed by atoms with Crippen LogP contribution in [0.5, 0.6) is 0 Å². The van der Waals surface area contributed by atoms with Crippen molar-refractivity contribution in [2.75, 3.05) is 49.2 Å². The van der Waals surface area contributed by atoms with Crippen LogP contribution in [0.4, 0.5) is 11.4 Å². The smallest absolute Gasteiger partial charge is 0.317 e. The molecule has 0 radical (unpaired) electrons. The molecule has 1 saturated heterocycles. The number of piperazine rings is 1. The van der Waals surface area contributed by atoms with Gasteiger partial charge < -0.3 is 20.3 Å². The lowest BCUT2D eigenvalue weighted by Crippen LogP contribution is -2.47. The summed E-state index contributed by atoms with van der Waals surface area (Å²) in [5, 5.41) is 20.1. The number of pyridine rings is 1. The summed E-state index contributed by atoms with van der Waals surface area (Å²) < 4.78 is 23.3. The van der Waals surface area contributed by atoms with Crippen LogP contribution in [0.3, 0.4) is 0 Å². The van der Waals surface area contributed by atoms with Crippen molar-refractivity contribution in [3.63, 3.8) is 0 Å². The SMILES string of the molecule is CS(=O)(=O)c1ccc(-c2ccc/c(=N/C(=N)Nc3ccc(N4CCN(CC(=O)O)CC4)cc3)[nH]2)cc1. The van der Waals surface area contributed by atoms with Crippen LogP contribution in [0.15, 0.2) is 76.6 Å². The molecule has 0 aliphatic carbocycles. The summed E-state index contributed by atoms with van der Waals surface area (Å²) in [5.74, 6) is -0.842. The minimum absolute atomic E-state index is 0.0362. The highest BCUT2D eigenvalue weighted by Gasteiger charge is 2.18. The van der Waals surface area contributed by atoms with Gasteiger partial charge in [-0.3, -0.25) is 15.1 Å². The topological polar surface area (TPSA) is 142 Å². The number of benzene rings is 2. The van der Waals surface area contributed by atoms with Crippen molar-refractivity contribution in [1.82, 2.24) is 9.88 Å². The lowest BCUT2D eigenvalue weighted by Gasteiger charge is -2.35. The Labute approximate surface area is 209 Å². The van der Waals surface area contributed by atoms with Gasteiger partial charge in [0.15, 0.2) is 9.84 Å². The molecule has 3 aromatic rings. The van der Waals surface area contributed by atoms with E-state index in [-0.39, 0.29) is 17.4 Å². The number of guanidine groups is 1. The second kappa shape index (κ2) is 10.8. The molecule has 0 amide bonds.